The van der Waals surface area contributed by atoms with Crippen molar-refractivity contribution in [2.24, 2.45) is 11.8 Å². The average molecular weight is 268 g/mol. The third-order valence-corrected chi connectivity index (χ3v) is 5.00. The van der Waals surface area contributed by atoms with Crippen molar-refractivity contribution in [2.45, 2.75) is 45.1 Å². The van der Waals surface area contributed by atoms with Gasteiger partial charge in [-0.1, -0.05) is 56.3 Å². The molecule has 2 aromatic rings. The molecule has 3 rings (SSSR count). The minimum Gasteiger partial charge on any atom is -0.385 e. The molecule has 1 N–H and O–H groups in total. The Morgan fingerprint density at radius 1 is 1.10 bits per heavy atom. The first-order valence-corrected chi connectivity index (χ1v) is 7.81. The molecular formula is C19H24O. The van der Waals surface area contributed by atoms with Crippen molar-refractivity contribution in [3.8, 4) is 0 Å². The largest absolute Gasteiger partial charge is 0.385 e. The molecule has 2 aromatic carbocycles. The zero-order valence-electron chi connectivity index (χ0n) is 12.5. The van der Waals surface area contributed by atoms with Gasteiger partial charge in [0.05, 0.1) is 5.60 Å². The second-order valence-corrected chi connectivity index (χ2v) is 6.66. The van der Waals surface area contributed by atoms with E-state index in [4.69, 9.17) is 0 Å². The lowest BCUT2D eigenvalue weighted by molar-refractivity contribution is -0.0283. The molecule has 1 saturated carbocycles. The fourth-order valence-electron chi connectivity index (χ4n) is 3.74. The maximum atomic E-state index is 11.3. The van der Waals surface area contributed by atoms with Gasteiger partial charge in [-0.25, -0.2) is 0 Å². The number of rotatable bonds is 2. The maximum absolute atomic E-state index is 11.3. The van der Waals surface area contributed by atoms with Crippen LogP contribution in [0.25, 0.3) is 10.8 Å². The first-order valence-electron chi connectivity index (χ1n) is 7.81. The minimum atomic E-state index is -0.645. The molecule has 0 aromatic heterocycles. The average Bonchev–Trinajstić information content (AvgIpc) is 2.46. The normalized spacial score (nSPS) is 27.1. The van der Waals surface area contributed by atoms with Crippen LogP contribution in [0.5, 0.6) is 0 Å². The number of aliphatic hydroxyl groups is 1. The van der Waals surface area contributed by atoms with Crippen LogP contribution in [0, 0.1) is 11.8 Å². The number of hydrogen-bond donors (Lipinski definition) is 1. The Hall–Kier alpha value is -1.34. The molecular weight excluding hydrogens is 244 g/mol. The summed E-state index contributed by atoms with van der Waals surface area (Å²) in [4.78, 5) is 0. The predicted octanol–water partition coefficient (Wildman–Crippen LogP) is 4.87. The molecule has 0 spiro atoms. The highest BCUT2D eigenvalue weighted by Crippen LogP contribution is 2.44. The summed E-state index contributed by atoms with van der Waals surface area (Å²) in [5, 5.41) is 13.7. The summed E-state index contributed by atoms with van der Waals surface area (Å²) < 4.78 is 0. The fraction of sp³-hybridized carbons (Fsp3) is 0.474. The van der Waals surface area contributed by atoms with E-state index in [1.165, 1.54) is 17.2 Å². The standard InChI is InChI=1S/C19H24O/c1-14(2)16-9-6-12-19(20,13-16)18-11-5-8-15-7-3-4-10-17(15)18/h3-5,7-8,10-11,14,16,20H,6,9,12-13H2,1-2H3. The first kappa shape index (κ1) is 13.6. The van der Waals surface area contributed by atoms with Crippen molar-refractivity contribution in [3.63, 3.8) is 0 Å². The second kappa shape index (κ2) is 5.21. The van der Waals surface area contributed by atoms with Gasteiger partial charge >= 0.3 is 0 Å². The van der Waals surface area contributed by atoms with E-state index in [1.807, 2.05) is 0 Å². The van der Waals surface area contributed by atoms with Gasteiger partial charge < -0.3 is 5.11 Å². The zero-order valence-corrected chi connectivity index (χ0v) is 12.5. The quantitative estimate of drug-likeness (QED) is 0.823. The van der Waals surface area contributed by atoms with Crippen LogP contribution in [-0.2, 0) is 5.60 Å². The minimum absolute atomic E-state index is 0.632. The molecule has 0 aliphatic heterocycles. The van der Waals surface area contributed by atoms with E-state index in [0.717, 1.165) is 24.8 Å². The summed E-state index contributed by atoms with van der Waals surface area (Å²) in [7, 11) is 0. The topological polar surface area (TPSA) is 20.2 Å². The van der Waals surface area contributed by atoms with Gasteiger partial charge in [-0.2, -0.15) is 0 Å². The van der Waals surface area contributed by atoms with Gasteiger partial charge in [-0.3, -0.25) is 0 Å². The molecule has 0 saturated heterocycles. The van der Waals surface area contributed by atoms with E-state index >= 15 is 0 Å². The summed E-state index contributed by atoms with van der Waals surface area (Å²) in [6, 6.07) is 14.7. The van der Waals surface area contributed by atoms with Crippen LogP contribution in [0.1, 0.15) is 45.1 Å². The second-order valence-electron chi connectivity index (χ2n) is 6.66. The predicted molar refractivity (Wildman–Crippen MR) is 84.6 cm³/mol. The number of hydrogen-bond acceptors (Lipinski definition) is 1. The molecule has 0 bridgehead atoms. The van der Waals surface area contributed by atoms with Crippen molar-refractivity contribution in [3.05, 3.63) is 48.0 Å². The Morgan fingerprint density at radius 2 is 1.85 bits per heavy atom. The molecule has 1 fully saturated rings. The van der Waals surface area contributed by atoms with Gasteiger partial charge in [0.2, 0.25) is 0 Å². The first-order chi connectivity index (χ1) is 9.60. The van der Waals surface area contributed by atoms with Crippen molar-refractivity contribution >= 4 is 10.8 Å². The van der Waals surface area contributed by atoms with Gasteiger partial charge in [0.15, 0.2) is 0 Å². The smallest absolute Gasteiger partial charge is 0.0905 e. The van der Waals surface area contributed by atoms with Crippen LogP contribution < -0.4 is 0 Å². The van der Waals surface area contributed by atoms with Crippen molar-refractivity contribution < 1.29 is 5.11 Å². The molecule has 1 nitrogen and oxygen atoms in total. The molecule has 1 aliphatic rings. The van der Waals surface area contributed by atoms with Crippen LogP contribution in [0.4, 0.5) is 0 Å². The van der Waals surface area contributed by atoms with Crippen LogP contribution in [0.2, 0.25) is 0 Å². The van der Waals surface area contributed by atoms with Gasteiger partial charge in [-0.05, 0) is 53.9 Å². The molecule has 2 atom stereocenters. The molecule has 1 aliphatic carbocycles. The van der Waals surface area contributed by atoms with Crippen LogP contribution >= 0.6 is 0 Å². The van der Waals surface area contributed by atoms with Gasteiger partial charge in [-0.15, -0.1) is 0 Å². The Morgan fingerprint density at radius 3 is 2.65 bits per heavy atom. The van der Waals surface area contributed by atoms with Crippen LogP contribution in [0.15, 0.2) is 42.5 Å². The Labute approximate surface area is 121 Å². The lowest BCUT2D eigenvalue weighted by Gasteiger charge is -2.39. The summed E-state index contributed by atoms with van der Waals surface area (Å²) in [6.45, 7) is 4.55. The van der Waals surface area contributed by atoms with E-state index in [2.05, 4.69) is 56.3 Å². The molecule has 106 valence electrons. The zero-order chi connectivity index (χ0) is 14.2. The third-order valence-electron chi connectivity index (χ3n) is 5.00. The maximum Gasteiger partial charge on any atom is 0.0905 e. The monoisotopic (exact) mass is 268 g/mol. The van der Waals surface area contributed by atoms with Crippen molar-refractivity contribution in [2.75, 3.05) is 0 Å². The Balaban J connectivity index is 2.05. The summed E-state index contributed by atoms with van der Waals surface area (Å²) >= 11 is 0. The van der Waals surface area contributed by atoms with E-state index in [0.29, 0.717) is 11.8 Å². The summed E-state index contributed by atoms with van der Waals surface area (Å²) in [5.74, 6) is 1.28. The molecule has 1 heteroatoms. The Kier molecular flexibility index (Phi) is 3.55. The highest BCUT2D eigenvalue weighted by molar-refractivity contribution is 5.86. The Bertz CT molecular complexity index is 596. The highest BCUT2D eigenvalue weighted by atomic mass is 16.3. The molecule has 0 radical (unpaired) electrons. The number of fused-ring (bicyclic) bond motifs is 1. The molecule has 0 amide bonds. The highest BCUT2D eigenvalue weighted by Gasteiger charge is 2.37. The van der Waals surface area contributed by atoms with Gasteiger partial charge in [0.25, 0.3) is 0 Å². The van der Waals surface area contributed by atoms with Gasteiger partial charge in [0, 0.05) is 0 Å². The van der Waals surface area contributed by atoms with E-state index < -0.39 is 5.60 Å². The van der Waals surface area contributed by atoms with Gasteiger partial charge in [0.1, 0.15) is 0 Å². The van der Waals surface area contributed by atoms with E-state index in [9.17, 15) is 5.11 Å². The molecule has 20 heavy (non-hydrogen) atoms. The van der Waals surface area contributed by atoms with E-state index in [-0.39, 0.29) is 0 Å². The molecule has 2 unspecified atom stereocenters. The van der Waals surface area contributed by atoms with Crippen molar-refractivity contribution in [1.82, 2.24) is 0 Å². The lowest BCUT2D eigenvalue weighted by atomic mass is 9.70. The number of benzene rings is 2. The van der Waals surface area contributed by atoms with Crippen LogP contribution in [0.3, 0.4) is 0 Å². The van der Waals surface area contributed by atoms with E-state index in [1.54, 1.807) is 0 Å². The SMILES string of the molecule is CC(C)C1CCCC(O)(c2cccc3ccccc23)C1. The molecule has 0 heterocycles. The lowest BCUT2D eigenvalue weighted by Crippen LogP contribution is -2.34. The third kappa shape index (κ3) is 2.35. The summed E-state index contributed by atoms with van der Waals surface area (Å²) in [6.07, 6.45) is 4.18. The fourth-order valence-corrected chi connectivity index (χ4v) is 3.74. The summed E-state index contributed by atoms with van der Waals surface area (Å²) in [5.41, 5.74) is 0.481. The van der Waals surface area contributed by atoms with Crippen LogP contribution in [-0.4, -0.2) is 5.11 Å². The van der Waals surface area contributed by atoms with Crippen molar-refractivity contribution in [1.29, 1.82) is 0 Å².